The Bertz CT molecular complexity index is 399. The SMILES string of the molecule is Cc1nc(CN2CCNC(C)(C3CC3)C2)cs1. The summed E-state index contributed by atoms with van der Waals surface area (Å²) in [6.07, 6.45) is 2.82. The van der Waals surface area contributed by atoms with Crippen molar-refractivity contribution >= 4 is 11.3 Å². The zero-order valence-electron chi connectivity index (χ0n) is 10.7. The lowest BCUT2D eigenvalue weighted by molar-refractivity contribution is 0.120. The monoisotopic (exact) mass is 251 g/mol. The molecule has 94 valence electrons. The summed E-state index contributed by atoms with van der Waals surface area (Å²) in [7, 11) is 0. The first-order valence-electron chi connectivity index (χ1n) is 6.54. The fourth-order valence-corrected chi connectivity index (χ4v) is 3.54. The van der Waals surface area contributed by atoms with E-state index in [-0.39, 0.29) is 0 Å². The molecular weight excluding hydrogens is 230 g/mol. The zero-order chi connectivity index (χ0) is 11.9. The van der Waals surface area contributed by atoms with Gasteiger partial charge >= 0.3 is 0 Å². The van der Waals surface area contributed by atoms with E-state index < -0.39 is 0 Å². The van der Waals surface area contributed by atoms with E-state index >= 15 is 0 Å². The van der Waals surface area contributed by atoms with Crippen molar-refractivity contribution in [3.05, 3.63) is 16.1 Å². The van der Waals surface area contributed by atoms with E-state index in [2.05, 4.69) is 34.4 Å². The van der Waals surface area contributed by atoms with Crippen LogP contribution < -0.4 is 5.32 Å². The van der Waals surface area contributed by atoms with E-state index in [9.17, 15) is 0 Å². The molecule has 2 fully saturated rings. The van der Waals surface area contributed by atoms with E-state index in [1.807, 2.05) is 0 Å². The van der Waals surface area contributed by atoms with Gasteiger partial charge in [0.1, 0.15) is 0 Å². The smallest absolute Gasteiger partial charge is 0.0897 e. The Labute approximate surface area is 107 Å². The Morgan fingerprint density at radius 1 is 1.59 bits per heavy atom. The second-order valence-electron chi connectivity index (χ2n) is 5.69. The topological polar surface area (TPSA) is 28.2 Å². The first-order chi connectivity index (χ1) is 8.16. The molecule has 0 aromatic carbocycles. The van der Waals surface area contributed by atoms with Crippen LogP contribution in [0.5, 0.6) is 0 Å². The van der Waals surface area contributed by atoms with Crippen LogP contribution in [-0.2, 0) is 6.54 Å². The summed E-state index contributed by atoms with van der Waals surface area (Å²) in [5, 5.41) is 7.10. The van der Waals surface area contributed by atoms with Crippen LogP contribution in [0.25, 0.3) is 0 Å². The number of nitrogens with one attached hydrogen (secondary N) is 1. The summed E-state index contributed by atoms with van der Waals surface area (Å²) in [5.74, 6) is 0.905. The number of piperazine rings is 1. The lowest BCUT2D eigenvalue weighted by Crippen LogP contribution is -2.59. The van der Waals surface area contributed by atoms with E-state index in [4.69, 9.17) is 0 Å². The fraction of sp³-hybridized carbons (Fsp3) is 0.769. The van der Waals surface area contributed by atoms with Gasteiger partial charge in [-0.25, -0.2) is 4.98 Å². The van der Waals surface area contributed by atoms with Gasteiger partial charge in [0.2, 0.25) is 0 Å². The Balaban J connectivity index is 1.63. The number of aryl methyl sites for hydroxylation is 1. The van der Waals surface area contributed by atoms with Gasteiger partial charge < -0.3 is 5.32 Å². The minimum atomic E-state index is 0.351. The first-order valence-corrected chi connectivity index (χ1v) is 7.42. The van der Waals surface area contributed by atoms with Gasteiger partial charge in [-0.1, -0.05) is 0 Å². The second-order valence-corrected chi connectivity index (χ2v) is 6.75. The third kappa shape index (κ3) is 2.54. The molecule has 3 nitrogen and oxygen atoms in total. The van der Waals surface area contributed by atoms with Gasteiger partial charge in [-0.2, -0.15) is 0 Å². The standard InChI is InChI=1S/C13H21N3S/c1-10-15-12(8-17-10)7-16-6-5-14-13(2,9-16)11-3-4-11/h8,11,14H,3-7,9H2,1-2H3. The predicted molar refractivity (Wildman–Crippen MR) is 71.3 cm³/mol. The average Bonchev–Trinajstić information content (AvgIpc) is 3.05. The molecule has 1 saturated carbocycles. The van der Waals surface area contributed by atoms with E-state index in [1.54, 1.807) is 11.3 Å². The summed E-state index contributed by atoms with van der Waals surface area (Å²) in [4.78, 5) is 7.13. The highest BCUT2D eigenvalue weighted by molar-refractivity contribution is 7.09. The maximum Gasteiger partial charge on any atom is 0.0897 e. The molecule has 0 amide bonds. The number of rotatable bonds is 3. The van der Waals surface area contributed by atoms with Crippen LogP contribution in [0.2, 0.25) is 0 Å². The summed E-state index contributed by atoms with van der Waals surface area (Å²) >= 11 is 1.76. The predicted octanol–water partition coefficient (Wildman–Crippen LogP) is 2.03. The third-order valence-electron chi connectivity index (χ3n) is 4.04. The quantitative estimate of drug-likeness (QED) is 0.891. The molecule has 0 spiro atoms. The summed E-state index contributed by atoms with van der Waals surface area (Å²) in [6.45, 7) is 8.95. The van der Waals surface area contributed by atoms with Crippen molar-refractivity contribution in [3.8, 4) is 0 Å². The Hall–Kier alpha value is -0.450. The normalized spacial score (nSPS) is 30.7. The van der Waals surface area contributed by atoms with Crippen molar-refractivity contribution in [1.29, 1.82) is 0 Å². The van der Waals surface area contributed by atoms with Crippen molar-refractivity contribution in [3.63, 3.8) is 0 Å². The second kappa shape index (κ2) is 4.34. The van der Waals surface area contributed by atoms with E-state index in [1.165, 1.54) is 30.1 Å². The Kier molecular flexibility index (Phi) is 2.97. The third-order valence-corrected chi connectivity index (χ3v) is 4.86. The Morgan fingerprint density at radius 3 is 3.06 bits per heavy atom. The van der Waals surface area contributed by atoms with Gasteiger partial charge in [-0.3, -0.25) is 4.90 Å². The minimum absolute atomic E-state index is 0.351. The molecule has 3 rings (SSSR count). The molecule has 4 heteroatoms. The molecule has 1 saturated heterocycles. The molecule has 1 aromatic rings. The van der Waals surface area contributed by atoms with Crippen LogP contribution in [0.1, 0.15) is 30.5 Å². The lowest BCUT2D eigenvalue weighted by Gasteiger charge is -2.41. The van der Waals surface area contributed by atoms with Crippen LogP contribution in [0.3, 0.4) is 0 Å². The molecule has 1 aliphatic heterocycles. The molecule has 1 aliphatic carbocycles. The lowest BCUT2D eigenvalue weighted by atomic mass is 9.93. The molecule has 0 bridgehead atoms. The summed E-state index contributed by atoms with van der Waals surface area (Å²) < 4.78 is 0. The molecular formula is C13H21N3S. The highest BCUT2D eigenvalue weighted by Gasteiger charge is 2.43. The number of aromatic nitrogens is 1. The van der Waals surface area contributed by atoms with Crippen molar-refractivity contribution < 1.29 is 0 Å². The van der Waals surface area contributed by atoms with Crippen molar-refractivity contribution in [2.45, 2.75) is 38.8 Å². The van der Waals surface area contributed by atoms with Gasteiger partial charge in [0.05, 0.1) is 10.7 Å². The highest BCUT2D eigenvalue weighted by Crippen LogP contribution is 2.40. The first kappa shape index (κ1) is 11.6. The maximum atomic E-state index is 4.57. The molecule has 1 N–H and O–H groups in total. The average molecular weight is 251 g/mol. The largest absolute Gasteiger partial charge is 0.309 e. The van der Waals surface area contributed by atoms with Crippen LogP contribution in [-0.4, -0.2) is 35.1 Å². The zero-order valence-corrected chi connectivity index (χ0v) is 11.5. The molecule has 2 aliphatic rings. The van der Waals surface area contributed by atoms with Gasteiger partial charge in [-0.05, 0) is 32.6 Å². The molecule has 1 unspecified atom stereocenters. The molecule has 0 radical (unpaired) electrons. The number of hydrogen-bond donors (Lipinski definition) is 1. The van der Waals surface area contributed by atoms with Gasteiger partial charge in [-0.15, -0.1) is 11.3 Å². The minimum Gasteiger partial charge on any atom is -0.309 e. The van der Waals surface area contributed by atoms with E-state index in [0.717, 1.165) is 25.6 Å². The number of hydrogen-bond acceptors (Lipinski definition) is 4. The van der Waals surface area contributed by atoms with Crippen LogP contribution in [0.15, 0.2) is 5.38 Å². The molecule has 2 heterocycles. The van der Waals surface area contributed by atoms with Crippen LogP contribution >= 0.6 is 11.3 Å². The van der Waals surface area contributed by atoms with Crippen molar-refractivity contribution in [2.75, 3.05) is 19.6 Å². The number of thiazole rings is 1. The van der Waals surface area contributed by atoms with Crippen LogP contribution in [0, 0.1) is 12.8 Å². The maximum absolute atomic E-state index is 4.57. The van der Waals surface area contributed by atoms with Crippen molar-refractivity contribution in [2.24, 2.45) is 5.92 Å². The van der Waals surface area contributed by atoms with Gasteiger partial charge in [0, 0.05) is 37.1 Å². The molecule has 17 heavy (non-hydrogen) atoms. The van der Waals surface area contributed by atoms with Gasteiger partial charge in [0.25, 0.3) is 0 Å². The van der Waals surface area contributed by atoms with E-state index in [0.29, 0.717) is 5.54 Å². The van der Waals surface area contributed by atoms with Crippen molar-refractivity contribution in [1.82, 2.24) is 15.2 Å². The fourth-order valence-electron chi connectivity index (χ4n) is 2.94. The van der Waals surface area contributed by atoms with Gasteiger partial charge in [0.15, 0.2) is 0 Å². The molecule has 1 atom stereocenters. The summed E-state index contributed by atoms with van der Waals surface area (Å²) in [6, 6.07) is 0. The summed E-state index contributed by atoms with van der Waals surface area (Å²) in [5.41, 5.74) is 1.59. The number of nitrogens with zero attached hydrogens (tertiary/aromatic N) is 2. The molecule has 1 aromatic heterocycles. The van der Waals surface area contributed by atoms with Crippen LogP contribution in [0.4, 0.5) is 0 Å². The highest BCUT2D eigenvalue weighted by atomic mass is 32.1. The Morgan fingerprint density at radius 2 is 2.41 bits per heavy atom.